The Morgan fingerprint density at radius 2 is 1.89 bits per heavy atom. The number of ether oxygens (including phenoxy) is 1. The number of rotatable bonds is 8. The van der Waals surface area contributed by atoms with E-state index >= 15 is 0 Å². The van der Waals surface area contributed by atoms with Crippen molar-refractivity contribution >= 4 is 0 Å². The maximum atomic E-state index is 6.19. The van der Waals surface area contributed by atoms with Crippen molar-refractivity contribution in [1.82, 2.24) is 5.32 Å². The van der Waals surface area contributed by atoms with Gasteiger partial charge in [0.25, 0.3) is 0 Å². The van der Waals surface area contributed by atoms with E-state index in [1.165, 1.54) is 11.1 Å². The molecule has 19 heavy (non-hydrogen) atoms. The fourth-order valence-electron chi connectivity index (χ4n) is 2.09. The van der Waals surface area contributed by atoms with E-state index in [9.17, 15) is 0 Å². The highest BCUT2D eigenvalue weighted by Crippen LogP contribution is 2.22. The fourth-order valence-corrected chi connectivity index (χ4v) is 2.09. The van der Waals surface area contributed by atoms with Gasteiger partial charge in [0.15, 0.2) is 0 Å². The van der Waals surface area contributed by atoms with Crippen molar-refractivity contribution in [3.05, 3.63) is 29.3 Å². The smallest absolute Gasteiger partial charge is 0.122 e. The molecule has 0 bridgehead atoms. The Morgan fingerprint density at radius 1 is 1.16 bits per heavy atom. The number of hydrogen-bond acceptors (Lipinski definition) is 2. The molecule has 1 unspecified atom stereocenters. The molecule has 0 aliphatic carbocycles. The normalized spacial score (nSPS) is 12.7. The second-order valence-corrected chi connectivity index (χ2v) is 5.78. The standard InChI is InChI=1S/C17H29NO/c1-6-8-16(12-18-11-13(2)3)19-17-10-7-9-14(4)15(17)5/h7,9-10,13,16,18H,6,8,11-12H2,1-5H3. The van der Waals surface area contributed by atoms with Crippen LogP contribution >= 0.6 is 0 Å². The molecule has 108 valence electrons. The molecule has 2 nitrogen and oxygen atoms in total. The molecule has 0 aliphatic rings. The lowest BCUT2D eigenvalue weighted by atomic mass is 10.1. The molecular weight excluding hydrogens is 234 g/mol. The average Bonchev–Trinajstić information content (AvgIpc) is 2.34. The van der Waals surface area contributed by atoms with Crippen molar-refractivity contribution < 1.29 is 4.74 Å². The monoisotopic (exact) mass is 263 g/mol. The SMILES string of the molecule is CCCC(CNCC(C)C)Oc1cccc(C)c1C. The molecule has 0 aliphatic heterocycles. The Hall–Kier alpha value is -1.02. The Morgan fingerprint density at radius 3 is 2.53 bits per heavy atom. The van der Waals surface area contributed by atoms with E-state index in [2.05, 4.69) is 58.1 Å². The first-order chi connectivity index (χ1) is 9.04. The largest absolute Gasteiger partial charge is 0.489 e. The molecule has 1 N–H and O–H groups in total. The van der Waals surface area contributed by atoms with Crippen molar-refractivity contribution in [2.75, 3.05) is 13.1 Å². The molecule has 1 atom stereocenters. The van der Waals surface area contributed by atoms with Crippen LogP contribution in [-0.2, 0) is 0 Å². The van der Waals surface area contributed by atoms with E-state index in [4.69, 9.17) is 4.74 Å². The van der Waals surface area contributed by atoms with E-state index in [0.29, 0.717) is 5.92 Å². The lowest BCUT2D eigenvalue weighted by Gasteiger charge is -2.21. The summed E-state index contributed by atoms with van der Waals surface area (Å²) in [6, 6.07) is 6.28. The maximum Gasteiger partial charge on any atom is 0.122 e. The summed E-state index contributed by atoms with van der Waals surface area (Å²) >= 11 is 0. The zero-order chi connectivity index (χ0) is 14.3. The van der Waals surface area contributed by atoms with Gasteiger partial charge in [0.05, 0.1) is 0 Å². The molecular formula is C17H29NO. The molecule has 0 fully saturated rings. The molecule has 0 radical (unpaired) electrons. The third-order valence-corrected chi connectivity index (χ3v) is 3.38. The Bertz CT molecular complexity index is 374. The number of benzene rings is 1. The number of nitrogens with one attached hydrogen (secondary N) is 1. The van der Waals surface area contributed by atoms with Gasteiger partial charge in [-0.3, -0.25) is 0 Å². The number of aryl methyl sites for hydroxylation is 1. The molecule has 1 aromatic carbocycles. The summed E-state index contributed by atoms with van der Waals surface area (Å²) in [5.74, 6) is 1.72. The zero-order valence-corrected chi connectivity index (χ0v) is 13.1. The summed E-state index contributed by atoms with van der Waals surface area (Å²) in [5, 5.41) is 3.50. The van der Waals surface area contributed by atoms with Crippen LogP contribution in [-0.4, -0.2) is 19.2 Å². The van der Waals surface area contributed by atoms with Gasteiger partial charge in [-0.2, -0.15) is 0 Å². The van der Waals surface area contributed by atoms with Gasteiger partial charge in [-0.25, -0.2) is 0 Å². The molecule has 1 rings (SSSR count). The van der Waals surface area contributed by atoms with Gasteiger partial charge in [-0.05, 0) is 49.9 Å². The minimum Gasteiger partial charge on any atom is -0.489 e. The predicted molar refractivity (Wildman–Crippen MR) is 82.9 cm³/mol. The molecule has 2 heteroatoms. The quantitative estimate of drug-likeness (QED) is 0.762. The summed E-state index contributed by atoms with van der Waals surface area (Å²) in [5.41, 5.74) is 2.55. The van der Waals surface area contributed by atoms with Crippen molar-refractivity contribution in [1.29, 1.82) is 0 Å². The van der Waals surface area contributed by atoms with Crippen molar-refractivity contribution in [2.45, 2.75) is 53.6 Å². The average molecular weight is 263 g/mol. The van der Waals surface area contributed by atoms with Gasteiger partial charge < -0.3 is 10.1 Å². The van der Waals surface area contributed by atoms with Gasteiger partial charge in [-0.15, -0.1) is 0 Å². The Labute approximate surface area is 118 Å². The topological polar surface area (TPSA) is 21.3 Å². The van der Waals surface area contributed by atoms with Crippen LogP contribution in [0.25, 0.3) is 0 Å². The minimum absolute atomic E-state index is 0.268. The summed E-state index contributed by atoms with van der Waals surface area (Å²) in [6.07, 6.45) is 2.52. The second kappa shape index (κ2) is 8.21. The highest BCUT2D eigenvalue weighted by molar-refractivity contribution is 5.38. The highest BCUT2D eigenvalue weighted by Gasteiger charge is 2.11. The summed E-state index contributed by atoms with van der Waals surface area (Å²) < 4.78 is 6.19. The van der Waals surface area contributed by atoms with Crippen LogP contribution in [0.2, 0.25) is 0 Å². The van der Waals surface area contributed by atoms with E-state index in [-0.39, 0.29) is 6.10 Å². The summed E-state index contributed by atoms with van der Waals surface area (Å²) in [7, 11) is 0. The first kappa shape index (κ1) is 16.0. The van der Waals surface area contributed by atoms with Gasteiger partial charge >= 0.3 is 0 Å². The second-order valence-electron chi connectivity index (χ2n) is 5.78. The van der Waals surface area contributed by atoms with E-state index < -0.39 is 0 Å². The molecule has 0 saturated carbocycles. The predicted octanol–water partition coefficient (Wildman–Crippen LogP) is 4.10. The highest BCUT2D eigenvalue weighted by atomic mass is 16.5. The van der Waals surface area contributed by atoms with Gasteiger partial charge in [0.1, 0.15) is 11.9 Å². The van der Waals surface area contributed by atoms with Crippen LogP contribution in [0.4, 0.5) is 0 Å². The molecule has 0 spiro atoms. The summed E-state index contributed by atoms with van der Waals surface area (Å²) in [4.78, 5) is 0. The fraction of sp³-hybridized carbons (Fsp3) is 0.647. The van der Waals surface area contributed by atoms with Crippen LogP contribution < -0.4 is 10.1 Å². The lowest BCUT2D eigenvalue weighted by molar-refractivity contribution is 0.184. The van der Waals surface area contributed by atoms with E-state index in [1.807, 2.05) is 0 Å². The first-order valence-corrected chi connectivity index (χ1v) is 7.48. The van der Waals surface area contributed by atoms with Gasteiger partial charge in [0, 0.05) is 6.54 Å². The van der Waals surface area contributed by atoms with E-state index in [1.54, 1.807) is 0 Å². The minimum atomic E-state index is 0.268. The van der Waals surface area contributed by atoms with Gasteiger partial charge in [0.2, 0.25) is 0 Å². The summed E-state index contributed by atoms with van der Waals surface area (Å²) in [6.45, 7) is 12.9. The van der Waals surface area contributed by atoms with Gasteiger partial charge in [-0.1, -0.05) is 39.3 Å². The molecule has 0 aromatic heterocycles. The molecule has 0 saturated heterocycles. The van der Waals surface area contributed by atoms with Crippen molar-refractivity contribution in [3.63, 3.8) is 0 Å². The third-order valence-electron chi connectivity index (χ3n) is 3.38. The van der Waals surface area contributed by atoms with Crippen LogP contribution in [0.5, 0.6) is 5.75 Å². The van der Waals surface area contributed by atoms with Crippen LogP contribution in [0.15, 0.2) is 18.2 Å². The lowest BCUT2D eigenvalue weighted by Crippen LogP contribution is -2.33. The molecule has 0 amide bonds. The Balaban J connectivity index is 2.59. The van der Waals surface area contributed by atoms with Crippen molar-refractivity contribution in [2.24, 2.45) is 5.92 Å². The van der Waals surface area contributed by atoms with Crippen molar-refractivity contribution in [3.8, 4) is 5.75 Å². The van der Waals surface area contributed by atoms with E-state index in [0.717, 1.165) is 31.7 Å². The third kappa shape index (κ3) is 5.65. The molecule has 0 heterocycles. The Kier molecular flexibility index (Phi) is 6.93. The maximum absolute atomic E-state index is 6.19. The van der Waals surface area contributed by atoms with Crippen LogP contribution in [0.3, 0.4) is 0 Å². The number of hydrogen-bond donors (Lipinski definition) is 1. The zero-order valence-electron chi connectivity index (χ0n) is 13.1. The first-order valence-electron chi connectivity index (χ1n) is 7.48. The van der Waals surface area contributed by atoms with Crippen LogP contribution in [0.1, 0.15) is 44.7 Å². The van der Waals surface area contributed by atoms with Crippen LogP contribution in [0, 0.1) is 19.8 Å². The molecule has 1 aromatic rings.